The van der Waals surface area contributed by atoms with Crippen LogP contribution >= 0.6 is 0 Å². The third-order valence-electron chi connectivity index (χ3n) is 3.45. The van der Waals surface area contributed by atoms with Crippen molar-refractivity contribution in [3.8, 4) is 0 Å². The maximum atomic E-state index is 12.0. The summed E-state index contributed by atoms with van der Waals surface area (Å²) in [6.45, 7) is 4.66. The van der Waals surface area contributed by atoms with Crippen LogP contribution in [0.25, 0.3) is 0 Å². The molecular weight excluding hydrogens is 390 g/mol. The number of rotatable bonds is 5. The van der Waals surface area contributed by atoms with Crippen LogP contribution in [0.5, 0.6) is 0 Å². The Hall–Kier alpha value is -3.88. The van der Waals surface area contributed by atoms with Gasteiger partial charge in [0.2, 0.25) is 0 Å². The number of nitrogens with one attached hydrogen (secondary N) is 3. The van der Waals surface area contributed by atoms with Crippen LogP contribution in [0.15, 0.2) is 54.6 Å². The number of amides is 3. The highest BCUT2D eigenvalue weighted by Crippen LogP contribution is 2.13. The Morgan fingerprint density at radius 3 is 2.07 bits per heavy atom. The van der Waals surface area contributed by atoms with Gasteiger partial charge in [-0.15, -0.1) is 0 Å². The van der Waals surface area contributed by atoms with E-state index in [0.717, 1.165) is 0 Å². The molecule has 9 heteroatoms. The Morgan fingerprint density at radius 2 is 1.47 bits per heavy atom. The summed E-state index contributed by atoms with van der Waals surface area (Å²) in [6.07, 6.45) is -0.618. The van der Waals surface area contributed by atoms with Gasteiger partial charge in [-0.05, 0) is 57.2 Å². The first kappa shape index (κ1) is 22.4. The van der Waals surface area contributed by atoms with Crippen LogP contribution in [-0.4, -0.2) is 36.1 Å². The molecule has 9 nitrogen and oxygen atoms in total. The molecule has 2 rings (SSSR count). The third-order valence-corrected chi connectivity index (χ3v) is 3.45. The smallest absolute Gasteiger partial charge is 0.412 e. The van der Waals surface area contributed by atoms with Crippen molar-refractivity contribution in [2.45, 2.75) is 26.4 Å². The largest absolute Gasteiger partial charge is 0.452 e. The lowest BCUT2D eigenvalue weighted by atomic mass is 10.2. The van der Waals surface area contributed by atoms with E-state index in [9.17, 15) is 19.2 Å². The molecule has 0 aliphatic heterocycles. The molecule has 0 saturated heterocycles. The number of carbonyl (C=O) groups excluding carboxylic acids is 4. The molecular formula is C21H23N3O6. The van der Waals surface area contributed by atoms with Crippen LogP contribution in [0.3, 0.4) is 0 Å². The standard InChI is InChI=1S/C21H23N3O6/c1-21(2,3)30-20(28)22-16-11-9-15(10-12-16)19(27)29-13-17(25)23-24-18(26)14-7-5-4-6-8-14/h4-12H,13H2,1-3H3,(H,22,28)(H,23,25)(H,24,26). The van der Waals surface area contributed by atoms with E-state index in [0.29, 0.717) is 11.3 Å². The molecule has 0 atom stereocenters. The molecule has 0 fully saturated rings. The number of hydrogen-bond acceptors (Lipinski definition) is 6. The van der Waals surface area contributed by atoms with Gasteiger partial charge in [-0.1, -0.05) is 18.2 Å². The summed E-state index contributed by atoms with van der Waals surface area (Å²) >= 11 is 0. The number of anilines is 1. The highest BCUT2D eigenvalue weighted by Gasteiger charge is 2.16. The van der Waals surface area contributed by atoms with Gasteiger partial charge in [0, 0.05) is 11.3 Å². The van der Waals surface area contributed by atoms with Gasteiger partial charge in [-0.25, -0.2) is 9.59 Å². The van der Waals surface area contributed by atoms with Gasteiger partial charge in [0.05, 0.1) is 5.56 Å². The molecule has 0 saturated carbocycles. The summed E-state index contributed by atoms with van der Waals surface area (Å²) in [4.78, 5) is 47.3. The van der Waals surface area contributed by atoms with E-state index in [1.807, 2.05) is 0 Å². The zero-order valence-electron chi connectivity index (χ0n) is 16.9. The molecule has 3 amide bonds. The minimum Gasteiger partial charge on any atom is -0.452 e. The lowest BCUT2D eigenvalue weighted by molar-refractivity contribution is -0.125. The zero-order valence-corrected chi connectivity index (χ0v) is 16.9. The van der Waals surface area contributed by atoms with E-state index in [4.69, 9.17) is 9.47 Å². The van der Waals surface area contributed by atoms with Gasteiger partial charge in [0.15, 0.2) is 6.61 Å². The number of benzene rings is 2. The Labute approximate surface area is 173 Å². The predicted octanol–water partition coefficient (Wildman–Crippen LogP) is 2.65. The Morgan fingerprint density at radius 1 is 0.833 bits per heavy atom. The molecule has 158 valence electrons. The van der Waals surface area contributed by atoms with Crippen LogP contribution in [-0.2, 0) is 14.3 Å². The zero-order chi connectivity index (χ0) is 22.1. The lowest BCUT2D eigenvalue weighted by Gasteiger charge is -2.19. The van der Waals surface area contributed by atoms with E-state index < -0.39 is 36.1 Å². The summed E-state index contributed by atoms with van der Waals surface area (Å²) in [6, 6.07) is 14.2. The van der Waals surface area contributed by atoms with Gasteiger partial charge in [0.25, 0.3) is 11.8 Å². The average Bonchev–Trinajstić information content (AvgIpc) is 2.70. The van der Waals surface area contributed by atoms with Crippen molar-refractivity contribution in [3.63, 3.8) is 0 Å². The summed E-state index contributed by atoms with van der Waals surface area (Å²) in [7, 11) is 0. The Balaban J connectivity index is 1.77. The van der Waals surface area contributed by atoms with E-state index in [1.165, 1.54) is 24.3 Å². The van der Waals surface area contributed by atoms with Crippen LogP contribution in [0, 0.1) is 0 Å². The molecule has 0 aliphatic carbocycles. The molecule has 0 radical (unpaired) electrons. The Kier molecular flexibility index (Phi) is 7.51. The highest BCUT2D eigenvalue weighted by atomic mass is 16.6. The topological polar surface area (TPSA) is 123 Å². The molecule has 0 aliphatic rings. The minimum atomic E-state index is -0.733. The minimum absolute atomic E-state index is 0.186. The van der Waals surface area contributed by atoms with Gasteiger partial charge in [-0.2, -0.15) is 0 Å². The van der Waals surface area contributed by atoms with Crippen molar-refractivity contribution in [2.75, 3.05) is 11.9 Å². The molecule has 0 bridgehead atoms. The molecule has 2 aromatic rings. The molecule has 0 aromatic heterocycles. The van der Waals surface area contributed by atoms with Gasteiger partial charge < -0.3 is 9.47 Å². The fourth-order valence-corrected chi connectivity index (χ4v) is 2.15. The van der Waals surface area contributed by atoms with Gasteiger partial charge in [-0.3, -0.25) is 25.8 Å². The molecule has 0 heterocycles. The Bertz CT molecular complexity index is 905. The van der Waals surface area contributed by atoms with E-state index >= 15 is 0 Å². The molecule has 2 aromatic carbocycles. The number of carbonyl (C=O) groups is 4. The van der Waals surface area contributed by atoms with E-state index in [1.54, 1.807) is 51.1 Å². The second kappa shape index (κ2) is 10.1. The maximum absolute atomic E-state index is 12.0. The maximum Gasteiger partial charge on any atom is 0.412 e. The summed E-state index contributed by atoms with van der Waals surface area (Å²) in [5, 5.41) is 2.54. The quantitative estimate of drug-likeness (QED) is 0.512. The number of esters is 1. The van der Waals surface area contributed by atoms with Crippen molar-refractivity contribution in [2.24, 2.45) is 0 Å². The first-order valence-electron chi connectivity index (χ1n) is 9.05. The van der Waals surface area contributed by atoms with Crippen molar-refractivity contribution in [1.29, 1.82) is 0 Å². The highest BCUT2D eigenvalue weighted by molar-refractivity contribution is 5.96. The fraction of sp³-hybridized carbons (Fsp3) is 0.238. The molecule has 3 N–H and O–H groups in total. The van der Waals surface area contributed by atoms with Crippen molar-refractivity contribution < 1.29 is 28.7 Å². The monoisotopic (exact) mass is 413 g/mol. The third kappa shape index (κ3) is 7.63. The second-order valence-electron chi connectivity index (χ2n) is 7.15. The first-order valence-corrected chi connectivity index (χ1v) is 9.05. The number of hydrazine groups is 1. The second-order valence-corrected chi connectivity index (χ2v) is 7.15. The van der Waals surface area contributed by atoms with Crippen LogP contribution < -0.4 is 16.2 Å². The first-order chi connectivity index (χ1) is 14.1. The molecule has 0 unspecified atom stereocenters. The fourth-order valence-electron chi connectivity index (χ4n) is 2.15. The predicted molar refractivity (Wildman–Crippen MR) is 109 cm³/mol. The van der Waals surface area contributed by atoms with Crippen LogP contribution in [0.1, 0.15) is 41.5 Å². The van der Waals surface area contributed by atoms with Crippen LogP contribution in [0.4, 0.5) is 10.5 Å². The summed E-state index contributed by atoms with van der Waals surface area (Å²) in [5.74, 6) is -1.93. The summed E-state index contributed by atoms with van der Waals surface area (Å²) < 4.78 is 10.0. The van der Waals surface area contributed by atoms with E-state index in [2.05, 4.69) is 16.2 Å². The van der Waals surface area contributed by atoms with Crippen LogP contribution in [0.2, 0.25) is 0 Å². The average molecular weight is 413 g/mol. The normalized spacial score (nSPS) is 10.5. The number of ether oxygens (including phenoxy) is 2. The summed E-state index contributed by atoms with van der Waals surface area (Å²) in [5.41, 5.74) is 4.74. The number of hydrogen-bond donors (Lipinski definition) is 3. The van der Waals surface area contributed by atoms with Crippen molar-refractivity contribution >= 4 is 29.6 Å². The van der Waals surface area contributed by atoms with E-state index in [-0.39, 0.29) is 5.56 Å². The SMILES string of the molecule is CC(C)(C)OC(=O)Nc1ccc(C(=O)OCC(=O)NNC(=O)c2ccccc2)cc1. The lowest BCUT2D eigenvalue weighted by Crippen LogP contribution is -2.43. The molecule has 30 heavy (non-hydrogen) atoms. The van der Waals surface area contributed by atoms with Crippen molar-refractivity contribution in [3.05, 3.63) is 65.7 Å². The van der Waals surface area contributed by atoms with Gasteiger partial charge in [0.1, 0.15) is 5.60 Å². The molecule has 0 spiro atoms. The van der Waals surface area contributed by atoms with Gasteiger partial charge >= 0.3 is 12.1 Å². The van der Waals surface area contributed by atoms with Crippen molar-refractivity contribution in [1.82, 2.24) is 10.9 Å².